The molecule has 10 heteroatoms. The summed E-state index contributed by atoms with van der Waals surface area (Å²) in [5.41, 5.74) is 8.83. The van der Waals surface area contributed by atoms with E-state index in [-0.39, 0.29) is 22.7 Å². The number of nitrogens with zero attached hydrogens (tertiary/aromatic N) is 5. The van der Waals surface area contributed by atoms with Gasteiger partial charge in [0.25, 0.3) is 0 Å². The van der Waals surface area contributed by atoms with Crippen LogP contribution in [0.1, 0.15) is 11.5 Å². The lowest BCUT2D eigenvalue weighted by atomic mass is 9.81. The molecule has 1 unspecified atom stereocenters. The zero-order chi connectivity index (χ0) is 26.8. The van der Waals surface area contributed by atoms with E-state index in [1.54, 1.807) is 65.2 Å². The van der Waals surface area contributed by atoms with Crippen LogP contribution in [0.25, 0.3) is 17.0 Å². The van der Waals surface area contributed by atoms with Gasteiger partial charge in [0.15, 0.2) is 0 Å². The second-order valence-corrected chi connectivity index (χ2v) is 8.34. The topological polar surface area (TPSA) is 136 Å². The van der Waals surface area contributed by atoms with Crippen LogP contribution in [0.2, 0.25) is 0 Å². The first kappa shape index (κ1) is 24.3. The molecule has 188 valence electrons. The molecule has 0 amide bonds. The zero-order valence-electron chi connectivity index (χ0n) is 20.5. The molecule has 0 saturated carbocycles. The predicted octanol–water partition coefficient (Wildman–Crippen LogP) is 3.29. The van der Waals surface area contributed by atoms with E-state index in [4.69, 9.17) is 15.2 Å². The summed E-state index contributed by atoms with van der Waals surface area (Å²) in [5, 5.41) is 10.2. The highest BCUT2D eigenvalue weighted by atomic mass is 16.5. The van der Waals surface area contributed by atoms with Crippen molar-refractivity contribution < 1.29 is 19.1 Å². The fraction of sp³-hybridized carbons (Fsp3) is 0.107. The minimum Gasteiger partial charge on any atom is -0.466 e. The predicted molar refractivity (Wildman–Crippen MR) is 138 cm³/mol. The highest BCUT2D eigenvalue weighted by Gasteiger charge is 2.43. The van der Waals surface area contributed by atoms with Gasteiger partial charge in [-0.15, -0.1) is 0 Å². The number of benzene rings is 2. The van der Waals surface area contributed by atoms with Gasteiger partial charge in [-0.05, 0) is 23.8 Å². The maximum absolute atomic E-state index is 13.3. The number of nitriles is 1. The van der Waals surface area contributed by atoms with Crippen molar-refractivity contribution in [3.8, 4) is 17.3 Å². The van der Waals surface area contributed by atoms with Crippen LogP contribution in [0, 0.1) is 11.3 Å². The molecule has 0 radical (unpaired) electrons. The van der Waals surface area contributed by atoms with Crippen molar-refractivity contribution in [2.45, 2.75) is 5.92 Å². The van der Waals surface area contributed by atoms with Gasteiger partial charge >= 0.3 is 11.9 Å². The Balaban J connectivity index is 1.75. The van der Waals surface area contributed by atoms with E-state index in [1.807, 2.05) is 18.5 Å². The number of esters is 2. The number of rotatable bonds is 5. The molecule has 5 rings (SSSR count). The number of hydrogen-bond donors (Lipinski definition) is 1. The number of hydrogen-bond acceptors (Lipinski definition) is 9. The summed E-state index contributed by atoms with van der Waals surface area (Å²) >= 11 is 0. The molecule has 0 bridgehead atoms. The van der Waals surface area contributed by atoms with Crippen LogP contribution < -0.4 is 10.6 Å². The lowest BCUT2D eigenvalue weighted by molar-refractivity contribution is -0.139. The Hall–Kier alpha value is -5.43. The Labute approximate surface area is 217 Å². The van der Waals surface area contributed by atoms with Crippen molar-refractivity contribution in [2.75, 3.05) is 19.1 Å². The van der Waals surface area contributed by atoms with Crippen molar-refractivity contribution in [1.82, 2.24) is 14.4 Å². The molecule has 0 aliphatic carbocycles. The molecule has 0 fully saturated rings. The summed E-state index contributed by atoms with van der Waals surface area (Å²) in [4.78, 5) is 36.6. The standard InChI is InChI=1S/C28H22N6O4/c1-37-26(35)23-22(17-8-4-3-5-9-17)20(15-29)25(30)34(24(23)27(36)38-2)19-11-6-10-18(14-19)21-16-33-13-7-12-31-28(33)32-21/h3-14,16,22H,30H2,1-2H3. The molecule has 38 heavy (non-hydrogen) atoms. The van der Waals surface area contributed by atoms with Gasteiger partial charge in [-0.3, -0.25) is 9.30 Å². The van der Waals surface area contributed by atoms with Crippen LogP contribution in [-0.2, 0) is 19.1 Å². The number of carbonyl (C=O) groups is 2. The van der Waals surface area contributed by atoms with E-state index in [2.05, 4.69) is 16.0 Å². The van der Waals surface area contributed by atoms with Gasteiger partial charge in [-0.25, -0.2) is 19.6 Å². The molecule has 0 spiro atoms. The van der Waals surface area contributed by atoms with Crippen LogP contribution in [-0.4, -0.2) is 40.5 Å². The van der Waals surface area contributed by atoms with E-state index >= 15 is 0 Å². The fourth-order valence-electron chi connectivity index (χ4n) is 4.55. The van der Waals surface area contributed by atoms with Gasteiger partial charge in [0, 0.05) is 29.8 Å². The van der Waals surface area contributed by atoms with E-state index in [0.717, 1.165) is 0 Å². The Morgan fingerprint density at radius 2 is 1.79 bits per heavy atom. The average molecular weight is 507 g/mol. The van der Waals surface area contributed by atoms with Gasteiger partial charge < -0.3 is 15.2 Å². The first-order chi connectivity index (χ1) is 18.5. The van der Waals surface area contributed by atoms with E-state index in [1.165, 1.54) is 19.1 Å². The van der Waals surface area contributed by atoms with Gasteiger partial charge in [0.05, 0.1) is 43.0 Å². The van der Waals surface area contributed by atoms with Crippen LogP contribution in [0.3, 0.4) is 0 Å². The number of carbonyl (C=O) groups excluding carboxylic acids is 2. The van der Waals surface area contributed by atoms with Crippen molar-refractivity contribution >= 4 is 23.4 Å². The summed E-state index contributed by atoms with van der Waals surface area (Å²) in [6, 6.07) is 19.9. The Morgan fingerprint density at radius 1 is 1.03 bits per heavy atom. The summed E-state index contributed by atoms with van der Waals surface area (Å²) in [6.07, 6.45) is 5.30. The Bertz CT molecular complexity index is 1630. The van der Waals surface area contributed by atoms with E-state index in [9.17, 15) is 14.9 Å². The van der Waals surface area contributed by atoms with E-state index in [0.29, 0.717) is 28.3 Å². The van der Waals surface area contributed by atoms with Crippen LogP contribution >= 0.6 is 0 Å². The lowest BCUT2D eigenvalue weighted by Gasteiger charge is -2.36. The van der Waals surface area contributed by atoms with E-state index < -0.39 is 17.9 Å². The number of ether oxygens (including phenoxy) is 2. The summed E-state index contributed by atoms with van der Waals surface area (Å²) in [6.45, 7) is 0. The van der Waals surface area contributed by atoms with Crippen LogP contribution in [0.5, 0.6) is 0 Å². The first-order valence-electron chi connectivity index (χ1n) is 11.5. The van der Waals surface area contributed by atoms with Gasteiger partial charge in [0.2, 0.25) is 5.78 Å². The number of fused-ring (bicyclic) bond motifs is 1. The number of aromatic nitrogens is 3. The second-order valence-electron chi connectivity index (χ2n) is 8.34. The monoisotopic (exact) mass is 506 g/mol. The number of methoxy groups -OCH3 is 2. The van der Waals surface area contributed by atoms with Gasteiger partial charge in [-0.2, -0.15) is 5.26 Å². The number of allylic oxidation sites excluding steroid dienone is 1. The molecule has 1 aliphatic heterocycles. The molecular weight excluding hydrogens is 484 g/mol. The van der Waals surface area contributed by atoms with Gasteiger partial charge in [-0.1, -0.05) is 42.5 Å². The SMILES string of the molecule is COC(=O)C1=C(C(=O)OC)N(c2cccc(-c3cn4cccnc4n3)c2)C(N)=C(C#N)C1c1ccccc1. The maximum atomic E-state index is 13.3. The minimum atomic E-state index is -0.938. The minimum absolute atomic E-state index is 0.0109. The second kappa shape index (κ2) is 9.91. The fourth-order valence-corrected chi connectivity index (χ4v) is 4.55. The molecular formula is C28H22N6O4. The molecule has 3 heterocycles. The third-order valence-electron chi connectivity index (χ3n) is 6.25. The summed E-state index contributed by atoms with van der Waals surface area (Å²) in [5.74, 6) is -2.03. The molecule has 10 nitrogen and oxygen atoms in total. The summed E-state index contributed by atoms with van der Waals surface area (Å²) < 4.78 is 12.0. The maximum Gasteiger partial charge on any atom is 0.355 e. The normalized spacial score (nSPS) is 15.4. The number of imidazole rings is 1. The van der Waals surface area contributed by atoms with Gasteiger partial charge in [0.1, 0.15) is 11.5 Å². The molecule has 0 saturated heterocycles. The quantitative estimate of drug-likeness (QED) is 0.404. The molecule has 1 atom stereocenters. The Kier molecular flexibility index (Phi) is 6.33. The van der Waals surface area contributed by atoms with Crippen LogP contribution in [0.4, 0.5) is 5.69 Å². The highest BCUT2D eigenvalue weighted by Crippen LogP contribution is 2.43. The smallest absolute Gasteiger partial charge is 0.355 e. The first-order valence-corrected chi connectivity index (χ1v) is 11.5. The number of anilines is 1. The Morgan fingerprint density at radius 3 is 2.47 bits per heavy atom. The third-order valence-corrected chi connectivity index (χ3v) is 6.25. The van der Waals surface area contributed by atoms with Crippen molar-refractivity contribution in [3.05, 3.63) is 107 Å². The largest absolute Gasteiger partial charge is 0.466 e. The molecule has 4 aromatic rings. The third kappa shape index (κ3) is 4.02. The van der Waals surface area contributed by atoms with Crippen LogP contribution in [0.15, 0.2) is 102 Å². The molecule has 2 aromatic heterocycles. The zero-order valence-corrected chi connectivity index (χ0v) is 20.5. The summed E-state index contributed by atoms with van der Waals surface area (Å²) in [7, 11) is 2.42. The number of nitrogens with two attached hydrogens (primary N) is 1. The molecule has 2 aromatic carbocycles. The van der Waals surface area contributed by atoms with Crippen molar-refractivity contribution in [1.29, 1.82) is 5.26 Å². The average Bonchev–Trinajstić information content (AvgIpc) is 3.40. The molecule has 1 aliphatic rings. The highest BCUT2D eigenvalue weighted by molar-refractivity contribution is 6.06. The van der Waals surface area contributed by atoms with Crippen molar-refractivity contribution in [2.24, 2.45) is 5.73 Å². The molecule has 2 N–H and O–H groups in total. The lowest BCUT2D eigenvalue weighted by Crippen LogP contribution is -2.40. The van der Waals surface area contributed by atoms with Crippen molar-refractivity contribution in [3.63, 3.8) is 0 Å².